The number of carbonyl (C=O) groups is 3. The lowest BCUT2D eigenvalue weighted by atomic mass is 10.1. The van der Waals surface area contributed by atoms with Gasteiger partial charge in [-0.1, -0.05) is 0 Å². The highest BCUT2D eigenvalue weighted by atomic mass is 16.7. The van der Waals surface area contributed by atoms with E-state index in [0.717, 1.165) is 6.08 Å². The Morgan fingerprint density at radius 1 is 1.29 bits per heavy atom. The van der Waals surface area contributed by atoms with Gasteiger partial charge < -0.3 is 14.6 Å². The smallest absolute Gasteiger partial charge is 0.337 e. The molecule has 17 heavy (non-hydrogen) atoms. The van der Waals surface area contributed by atoms with E-state index in [2.05, 4.69) is 0 Å². The monoisotopic (exact) mass is 242 g/mol. The number of ether oxygens (including phenoxy) is 2. The fourth-order valence-electron chi connectivity index (χ4n) is 1.39. The number of hydrogen-bond donors (Lipinski definition) is 1. The Kier molecular flexibility index (Phi) is 3.88. The largest absolute Gasteiger partial charge is 0.481 e. The van der Waals surface area contributed by atoms with E-state index in [9.17, 15) is 14.4 Å². The van der Waals surface area contributed by atoms with Crippen molar-refractivity contribution in [3.8, 4) is 0 Å². The Morgan fingerprint density at radius 2 is 1.94 bits per heavy atom. The van der Waals surface area contributed by atoms with Gasteiger partial charge in [0.05, 0.1) is 18.9 Å². The van der Waals surface area contributed by atoms with Crippen LogP contribution >= 0.6 is 0 Å². The lowest BCUT2D eigenvalue weighted by Crippen LogP contribution is -2.34. The Labute approximate surface area is 98.2 Å². The van der Waals surface area contributed by atoms with Crippen molar-refractivity contribution in [3.05, 3.63) is 11.8 Å². The molecule has 1 rings (SSSR count). The highest BCUT2D eigenvalue weighted by molar-refractivity contribution is 5.87. The van der Waals surface area contributed by atoms with Crippen LogP contribution in [-0.2, 0) is 23.9 Å². The molecule has 0 bridgehead atoms. The van der Waals surface area contributed by atoms with E-state index in [1.54, 1.807) is 13.8 Å². The van der Waals surface area contributed by atoms with Gasteiger partial charge in [-0.15, -0.1) is 0 Å². The molecular weight excluding hydrogens is 228 g/mol. The van der Waals surface area contributed by atoms with Gasteiger partial charge >= 0.3 is 11.9 Å². The summed E-state index contributed by atoms with van der Waals surface area (Å²) in [5, 5.41) is 8.42. The highest BCUT2D eigenvalue weighted by Crippen LogP contribution is 2.24. The molecule has 0 saturated heterocycles. The van der Waals surface area contributed by atoms with Gasteiger partial charge in [0.15, 0.2) is 0 Å². The third-order valence-electron chi connectivity index (χ3n) is 1.99. The number of ketones is 1. The topological polar surface area (TPSA) is 89.9 Å². The van der Waals surface area contributed by atoms with Crippen molar-refractivity contribution in [2.75, 3.05) is 0 Å². The maximum absolute atomic E-state index is 11.4. The van der Waals surface area contributed by atoms with Crippen molar-refractivity contribution >= 4 is 17.7 Å². The van der Waals surface area contributed by atoms with E-state index in [0.29, 0.717) is 0 Å². The minimum atomic E-state index is -1.09. The predicted octanol–water partition coefficient (Wildman–Crippen LogP) is 1.00. The molecule has 0 aromatic rings. The first-order valence-electron chi connectivity index (χ1n) is 5.14. The zero-order chi connectivity index (χ0) is 13.1. The summed E-state index contributed by atoms with van der Waals surface area (Å²) >= 11 is 0. The van der Waals surface area contributed by atoms with Gasteiger partial charge in [-0.25, -0.2) is 4.79 Å². The number of carbonyl (C=O) groups excluding carboxylic acids is 2. The summed E-state index contributed by atoms with van der Waals surface area (Å²) in [6.07, 6.45) is 0.710. The van der Waals surface area contributed by atoms with Crippen LogP contribution < -0.4 is 0 Å². The minimum absolute atomic E-state index is 0.0779. The number of esters is 1. The van der Waals surface area contributed by atoms with Crippen LogP contribution in [0.4, 0.5) is 0 Å². The summed E-state index contributed by atoms with van der Waals surface area (Å²) in [5.41, 5.74) is 0. The zero-order valence-corrected chi connectivity index (χ0v) is 9.69. The Balaban J connectivity index is 2.54. The second-order valence-electron chi connectivity index (χ2n) is 4.14. The lowest BCUT2D eigenvalue weighted by Gasteiger charge is -2.30. The Hall–Kier alpha value is -1.85. The summed E-state index contributed by atoms with van der Waals surface area (Å²) < 4.78 is 10.1. The van der Waals surface area contributed by atoms with Gasteiger partial charge in [0.2, 0.25) is 5.79 Å². The summed E-state index contributed by atoms with van der Waals surface area (Å²) in [6.45, 7) is 3.11. The molecule has 0 fully saturated rings. The maximum Gasteiger partial charge on any atom is 0.337 e. The first-order valence-corrected chi connectivity index (χ1v) is 5.14. The minimum Gasteiger partial charge on any atom is -0.481 e. The van der Waals surface area contributed by atoms with Crippen molar-refractivity contribution in [1.82, 2.24) is 0 Å². The SMILES string of the molecule is CC1(C)OC(=O)C=C(CC(=O)CCC(=O)O)O1. The summed E-state index contributed by atoms with van der Waals surface area (Å²) in [5.74, 6) is -2.77. The van der Waals surface area contributed by atoms with Crippen LogP contribution in [0.2, 0.25) is 0 Å². The molecule has 0 aromatic carbocycles. The Morgan fingerprint density at radius 3 is 2.47 bits per heavy atom. The highest BCUT2D eigenvalue weighted by Gasteiger charge is 2.30. The average Bonchev–Trinajstić information content (AvgIpc) is 2.11. The molecule has 1 aliphatic rings. The van der Waals surface area contributed by atoms with Crippen LogP contribution in [0.15, 0.2) is 11.8 Å². The van der Waals surface area contributed by atoms with E-state index in [1.807, 2.05) is 0 Å². The van der Waals surface area contributed by atoms with Gasteiger partial charge in [-0.05, 0) is 0 Å². The third kappa shape index (κ3) is 4.67. The molecule has 0 radical (unpaired) electrons. The second-order valence-corrected chi connectivity index (χ2v) is 4.14. The molecule has 0 unspecified atom stereocenters. The lowest BCUT2D eigenvalue weighted by molar-refractivity contribution is -0.205. The maximum atomic E-state index is 11.4. The number of carboxylic acid groups (broad SMARTS) is 1. The van der Waals surface area contributed by atoms with E-state index in [1.165, 1.54) is 0 Å². The average molecular weight is 242 g/mol. The third-order valence-corrected chi connectivity index (χ3v) is 1.99. The molecule has 94 valence electrons. The summed E-state index contributed by atoms with van der Waals surface area (Å²) in [4.78, 5) is 32.8. The number of carboxylic acids is 1. The molecule has 6 heteroatoms. The van der Waals surface area contributed by atoms with Crippen LogP contribution in [0.3, 0.4) is 0 Å². The molecule has 1 aliphatic heterocycles. The number of hydrogen-bond acceptors (Lipinski definition) is 5. The van der Waals surface area contributed by atoms with Crippen LogP contribution in [-0.4, -0.2) is 28.6 Å². The number of aliphatic carboxylic acids is 1. The molecular formula is C11H14O6. The fourth-order valence-corrected chi connectivity index (χ4v) is 1.39. The first kappa shape index (κ1) is 13.2. The first-order chi connectivity index (χ1) is 7.78. The molecule has 0 saturated carbocycles. The van der Waals surface area contributed by atoms with E-state index in [-0.39, 0.29) is 30.8 Å². The van der Waals surface area contributed by atoms with Crippen LogP contribution in [0.25, 0.3) is 0 Å². The normalized spacial score (nSPS) is 17.8. The molecule has 0 aromatic heterocycles. The van der Waals surface area contributed by atoms with Crippen molar-refractivity contribution in [1.29, 1.82) is 0 Å². The van der Waals surface area contributed by atoms with Crippen molar-refractivity contribution in [2.45, 2.75) is 38.9 Å². The summed E-state index contributed by atoms with van der Waals surface area (Å²) in [6, 6.07) is 0. The quantitative estimate of drug-likeness (QED) is 0.723. The van der Waals surface area contributed by atoms with Crippen LogP contribution in [0, 0.1) is 0 Å². The molecule has 0 aliphatic carbocycles. The zero-order valence-electron chi connectivity index (χ0n) is 9.69. The molecule has 0 amide bonds. The van der Waals surface area contributed by atoms with Crippen molar-refractivity contribution in [3.63, 3.8) is 0 Å². The Bertz CT molecular complexity index is 379. The van der Waals surface area contributed by atoms with Crippen LogP contribution in [0.1, 0.15) is 33.1 Å². The van der Waals surface area contributed by atoms with Crippen molar-refractivity contribution < 1.29 is 29.0 Å². The van der Waals surface area contributed by atoms with Gasteiger partial charge in [-0.2, -0.15) is 0 Å². The van der Waals surface area contributed by atoms with E-state index >= 15 is 0 Å². The van der Waals surface area contributed by atoms with Crippen LogP contribution in [0.5, 0.6) is 0 Å². The van der Waals surface area contributed by atoms with Gasteiger partial charge in [0.25, 0.3) is 0 Å². The molecule has 6 nitrogen and oxygen atoms in total. The summed E-state index contributed by atoms with van der Waals surface area (Å²) in [7, 11) is 0. The molecule has 1 heterocycles. The number of cyclic esters (lactones) is 1. The number of rotatable bonds is 5. The van der Waals surface area contributed by atoms with E-state index in [4.69, 9.17) is 14.6 Å². The predicted molar refractivity (Wildman–Crippen MR) is 55.8 cm³/mol. The molecule has 0 atom stereocenters. The standard InChI is InChI=1S/C11H14O6/c1-11(2)16-8(6-10(15)17-11)5-7(12)3-4-9(13)14/h6H,3-5H2,1-2H3,(H,13,14). The molecule has 1 N–H and O–H groups in total. The van der Waals surface area contributed by atoms with Crippen molar-refractivity contribution in [2.24, 2.45) is 0 Å². The number of allylic oxidation sites excluding steroid dienone is 1. The van der Waals surface area contributed by atoms with E-state index < -0.39 is 17.7 Å². The number of Topliss-reactive ketones (excluding diaryl/α,β-unsaturated/α-hetero) is 1. The van der Waals surface area contributed by atoms with Gasteiger partial charge in [-0.3, -0.25) is 9.59 Å². The molecule has 0 spiro atoms. The van der Waals surface area contributed by atoms with Gasteiger partial charge in [0, 0.05) is 20.3 Å². The van der Waals surface area contributed by atoms with Gasteiger partial charge in [0.1, 0.15) is 11.5 Å². The second kappa shape index (κ2) is 4.99. The fraction of sp³-hybridized carbons (Fsp3) is 0.545.